The van der Waals surface area contributed by atoms with Gasteiger partial charge in [-0.1, -0.05) is 0 Å². The van der Waals surface area contributed by atoms with E-state index >= 15 is 0 Å². The Labute approximate surface area is 98.3 Å². The van der Waals surface area contributed by atoms with E-state index in [4.69, 9.17) is 4.74 Å². The summed E-state index contributed by atoms with van der Waals surface area (Å²) in [5.74, 6) is 0.838. The average molecular weight is 228 g/mol. The molecule has 1 aliphatic rings. The first kappa shape index (κ1) is 13.5. The molecule has 1 N–H and O–H groups in total. The molecule has 1 rings (SSSR count). The zero-order valence-corrected chi connectivity index (χ0v) is 10.7. The maximum absolute atomic E-state index is 11.8. The molecule has 0 bridgehead atoms. The number of amides is 1. The fourth-order valence-electron chi connectivity index (χ4n) is 1.87. The highest BCUT2D eigenvalue weighted by Crippen LogP contribution is 2.13. The molecule has 0 aliphatic carbocycles. The van der Waals surface area contributed by atoms with Crippen LogP contribution in [0.3, 0.4) is 0 Å². The lowest BCUT2D eigenvalue weighted by molar-refractivity contribution is -0.131. The van der Waals surface area contributed by atoms with E-state index < -0.39 is 0 Å². The van der Waals surface area contributed by atoms with Crippen molar-refractivity contribution in [2.24, 2.45) is 5.92 Å². The van der Waals surface area contributed by atoms with Crippen LogP contribution in [-0.4, -0.2) is 50.2 Å². The van der Waals surface area contributed by atoms with Crippen molar-refractivity contribution >= 4 is 5.91 Å². The molecule has 16 heavy (non-hydrogen) atoms. The van der Waals surface area contributed by atoms with Crippen LogP contribution in [0.1, 0.15) is 26.7 Å². The monoisotopic (exact) mass is 228 g/mol. The standard InChI is InChI=1S/C12H24N2O2/c1-4-14(3)12(15)10(2)13-9-11-5-7-16-8-6-11/h10-11,13H,4-9H2,1-3H3. The molecule has 1 saturated heterocycles. The minimum atomic E-state index is -0.0761. The lowest BCUT2D eigenvalue weighted by atomic mass is 10.00. The molecule has 1 aliphatic heterocycles. The van der Waals surface area contributed by atoms with Gasteiger partial charge in [0.25, 0.3) is 0 Å². The van der Waals surface area contributed by atoms with Gasteiger partial charge in [0, 0.05) is 26.8 Å². The highest BCUT2D eigenvalue weighted by atomic mass is 16.5. The Bertz CT molecular complexity index is 215. The summed E-state index contributed by atoms with van der Waals surface area (Å²) in [5.41, 5.74) is 0. The number of likely N-dealkylation sites (N-methyl/N-ethyl adjacent to an activating group) is 1. The van der Waals surface area contributed by atoms with E-state index in [0.717, 1.165) is 39.1 Å². The molecule has 1 atom stereocenters. The van der Waals surface area contributed by atoms with E-state index in [0.29, 0.717) is 5.92 Å². The van der Waals surface area contributed by atoms with Gasteiger partial charge in [-0.05, 0) is 39.2 Å². The zero-order valence-electron chi connectivity index (χ0n) is 10.7. The van der Waals surface area contributed by atoms with Crippen LogP contribution in [0.15, 0.2) is 0 Å². The summed E-state index contributed by atoms with van der Waals surface area (Å²) in [4.78, 5) is 13.5. The molecule has 0 aromatic carbocycles. The zero-order chi connectivity index (χ0) is 12.0. The number of carbonyl (C=O) groups excluding carboxylic acids is 1. The van der Waals surface area contributed by atoms with Crippen molar-refractivity contribution in [3.05, 3.63) is 0 Å². The topological polar surface area (TPSA) is 41.6 Å². The highest BCUT2D eigenvalue weighted by Gasteiger charge is 2.19. The Balaban J connectivity index is 2.22. The van der Waals surface area contributed by atoms with Gasteiger partial charge in [-0.3, -0.25) is 4.79 Å². The van der Waals surface area contributed by atoms with Crippen molar-refractivity contribution in [2.45, 2.75) is 32.7 Å². The predicted octanol–water partition coefficient (Wildman–Crippen LogP) is 0.869. The van der Waals surface area contributed by atoms with Gasteiger partial charge in [-0.2, -0.15) is 0 Å². The number of rotatable bonds is 5. The van der Waals surface area contributed by atoms with Crippen molar-refractivity contribution < 1.29 is 9.53 Å². The van der Waals surface area contributed by atoms with Crippen molar-refractivity contribution in [2.75, 3.05) is 33.4 Å². The number of nitrogens with one attached hydrogen (secondary N) is 1. The molecular weight excluding hydrogens is 204 g/mol. The minimum absolute atomic E-state index is 0.0761. The molecule has 0 aromatic rings. The Morgan fingerprint density at radius 1 is 1.50 bits per heavy atom. The fraction of sp³-hybridized carbons (Fsp3) is 0.917. The summed E-state index contributed by atoms with van der Waals surface area (Å²) in [5, 5.41) is 3.32. The quantitative estimate of drug-likeness (QED) is 0.759. The molecule has 0 spiro atoms. The normalized spacial score (nSPS) is 19.4. The molecule has 0 saturated carbocycles. The second-order valence-corrected chi connectivity index (χ2v) is 4.54. The Morgan fingerprint density at radius 3 is 2.69 bits per heavy atom. The molecule has 1 amide bonds. The predicted molar refractivity (Wildman–Crippen MR) is 64.3 cm³/mol. The fourth-order valence-corrected chi connectivity index (χ4v) is 1.87. The summed E-state index contributed by atoms with van der Waals surface area (Å²) < 4.78 is 5.31. The first-order chi connectivity index (χ1) is 7.65. The van der Waals surface area contributed by atoms with Gasteiger partial charge in [0.2, 0.25) is 5.91 Å². The lowest BCUT2D eigenvalue weighted by Gasteiger charge is -2.25. The van der Waals surface area contributed by atoms with E-state index in [-0.39, 0.29) is 11.9 Å². The molecule has 0 radical (unpaired) electrons. The Morgan fingerprint density at radius 2 is 2.12 bits per heavy atom. The molecule has 1 heterocycles. The minimum Gasteiger partial charge on any atom is -0.381 e. The van der Waals surface area contributed by atoms with Gasteiger partial charge < -0.3 is 15.0 Å². The molecule has 4 heteroatoms. The van der Waals surface area contributed by atoms with Crippen molar-refractivity contribution in [1.82, 2.24) is 10.2 Å². The second kappa shape index (κ2) is 6.86. The van der Waals surface area contributed by atoms with Gasteiger partial charge in [-0.25, -0.2) is 0 Å². The molecule has 94 valence electrons. The summed E-state index contributed by atoms with van der Waals surface area (Å²) in [6.07, 6.45) is 2.22. The Kier molecular flexibility index (Phi) is 5.77. The summed E-state index contributed by atoms with van der Waals surface area (Å²) >= 11 is 0. The number of nitrogens with zero attached hydrogens (tertiary/aromatic N) is 1. The maximum atomic E-state index is 11.8. The van der Waals surface area contributed by atoms with E-state index in [2.05, 4.69) is 5.32 Å². The van der Waals surface area contributed by atoms with Crippen molar-refractivity contribution in [1.29, 1.82) is 0 Å². The Hall–Kier alpha value is -0.610. The number of ether oxygens (including phenoxy) is 1. The molecule has 0 aromatic heterocycles. The van der Waals surface area contributed by atoms with Gasteiger partial charge >= 0.3 is 0 Å². The molecule has 1 unspecified atom stereocenters. The number of carbonyl (C=O) groups is 1. The van der Waals surface area contributed by atoms with Crippen molar-refractivity contribution in [3.8, 4) is 0 Å². The smallest absolute Gasteiger partial charge is 0.239 e. The molecule has 4 nitrogen and oxygen atoms in total. The summed E-state index contributed by atoms with van der Waals surface area (Å²) in [6, 6.07) is -0.0761. The lowest BCUT2D eigenvalue weighted by Crippen LogP contribution is -2.45. The highest BCUT2D eigenvalue weighted by molar-refractivity contribution is 5.81. The van der Waals surface area contributed by atoms with Gasteiger partial charge in [0.1, 0.15) is 0 Å². The van der Waals surface area contributed by atoms with Crippen LogP contribution in [0.25, 0.3) is 0 Å². The van der Waals surface area contributed by atoms with Gasteiger partial charge in [0.05, 0.1) is 6.04 Å². The number of hydrogen-bond donors (Lipinski definition) is 1. The van der Waals surface area contributed by atoms with Crippen LogP contribution >= 0.6 is 0 Å². The molecule has 1 fully saturated rings. The second-order valence-electron chi connectivity index (χ2n) is 4.54. The average Bonchev–Trinajstić information content (AvgIpc) is 2.35. The third-order valence-corrected chi connectivity index (χ3v) is 3.27. The van der Waals surface area contributed by atoms with Crippen LogP contribution in [0, 0.1) is 5.92 Å². The van der Waals surface area contributed by atoms with Crippen LogP contribution in [0.5, 0.6) is 0 Å². The van der Waals surface area contributed by atoms with Gasteiger partial charge in [-0.15, -0.1) is 0 Å². The third kappa shape index (κ3) is 4.10. The van der Waals surface area contributed by atoms with Crippen LogP contribution in [-0.2, 0) is 9.53 Å². The third-order valence-electron chi connectivity index (χ3n) is 3.27. The van der Waals surface area contributed by atoms with Crippen LogP contribution in [0.4, 0.5) is 0 Å². The maximum Gasteiger partial charge on any atom is 0.239 e. The van der Waals surface area contributed by atoms with Gasteiger partial charge in [0.15, 0.2) is 0 Å². The van der Waals surface area contributed by atoms with Crippen LogP contribution in [0.2, 0.25) is 0 Å². The van der Waals surface area contributed by atoms with Crippen LogP contribution < -0.4 is 5.32 Å². The number of hydrogen-bond acceptors (Lipinski definition) is 3. The van der Waals surface area contributed by atoms with E-state index in [1.54, 1.807) is 4.90 Å². The summed E-state index contributed by atoms with van der Waals surface area (Å²) in [7, 11) is 1.84. The first-order valence-electron chi connectivity index (χ1n) is 6.21. The van der Waals surface area contributed by atoms with E-state index in [1.807, 2.05) is 20.9 Å². The first-order valence-corrected chi connectivity index (χ1v) is 6.21. The summed E-state index contributed by atoms with van der Waals surface area (Å²) in [6.45, 7) is 7.35. The van der Waals surface area contributed by atoms with E-state index in [1.165, 1.54) is 0 Å². The SMILES string of the molecule is CCN(C)C(=O)C(C)NCC1CCOCC1. The van der Waals surface area contributed by atoms with Crippen molar-refractivity contribution in [3.63, 3.8) is 0 Å². The molecular formula is C12H24N2O2. The van der Waals surface area contributed by atoms with E-state index in [9.17, 15) is 4.79 Å². The largest absolute Gasteiger partial charge is 0.381 e.